The Morgan fingerprint density at radius 3 is 2.40 bits per heavy atom. The van der Waals surface area contributed by atoms with E-state index in [1.54, 1.807) is 13.8 Å². The molecule has 0 aliphatic rings. The second-order valence-electron chi connectivity index (χ2n) is 2.76. The van der Waals surface area contributed by atoms with Gasteiger partial charge in [-0.05, 0) is 20.8 Å². The molecule has 0 aliphatic carbocycles. The van der Waals surface area contributed by atoms with E-state index in [4.69, 9.17) is 9.84 Å². The molecular formula is C7H14O3. The molecule has 3 nitrogen and oxygen atoms in total. The van der Waals surface area contributed by atoms with E-state index in [0.29, 0.717) is 6.61 Å². The van der Waals surface area contributed by atoms with E-state index >= 15 is 0 Å². The van der Waals surface area contributed by atoms with Crippen molar-refractivity contribution in [2.24, 2.45) is 0 Å². The highest BCUT2D eigenvalue weighted by Gasteiger charge is 2.20. The van der Waals surface area contributed by atoms with Crippen LogP contribution in [0.3, 0.4) is 0 Å². The van der Waals surface area contributed by atoms with Crippen LogP contribution >= 0.6 is 0 Å². The van der Waals surface area contributed by atoms with E-state index in [1.165, 1.54) is 0 Å². The lowest BCUT2D eigenvalue weighted by atomic mass is 10.1. The van der Waals surface area contributed by atoms with Crippen LogP contribution in [0.15, 0.2) is 0 Å². The van der Waals surface area contributed by atoms with Gasteiger partial charge in [-0.1, -0.05) is 0 Å². The highest BCUT2D eigenvalue weighted by molar-refractivity contribution is 5.67. The second kappa shape index (κ2) is 3.56. The van der Waals surface area contributed by atoms with Gasteiger partial charge >= 0.3 is 5.97 Å². The molecule has 0 unspecified atom stereocenters. The highest BCUT2D eigenvalue weighted by Crippen LogP contribution is 2.13. The van der Waals surface area contributed by atoms with Gasteiger partial charge in [0.1, 0.15) is 0 Å². The summed E-state index contributed by atoms with van der Waals surface area (Å²) in [5.74, 6) is -0.821. The third kappa shape index (κ3) is 4.32. The number of aliphatic carboxylic acids is 1. The summed E-state index contributed by atoms with van der Waals surface area (Å²) in [5, 5.41) is 8.40. The van der Waals surface area contributed by atoms with Gasteiger partial charge in [0, 0.05) is 6.61 Å². The number of ether oxygens (including phenoxy) is 1. The van der Waals surface area contributed by atoms with Crippen molar-refractivity contribution in [3.05, 3.63) is 0 Å². The lowest BCUT2D eigenvalue weighted by molar-refractivity contribution is -0.143. The largest absolute Gasteiger partial charge is 0.481 e. The number of carboxylic acids is 1. The zero-order valence-corrected chi connectivity index (χ0v) is 6.68. The Hall–Kier alpha value is -0.570. The molecule has 0 rings (SSSR count). The molecule has 0 aliphatic heterocycles. The SMILES string of the molecule is CCOC(C)(C)CC(=O)O. The van der Waals surface area contributed by atoms with Crippen LogP contribution in [0.5, 0.6) is 0 Å². The second-order valence-corrected chi connectivity index (χ2v) is 2.76. The van der Waals surface area contributed by atoms with Gasteiger partial charge in [-0.15, -0.1) is 0 Å². The summed E-state index contributed by atoms with van der Waals surface area (Å²) in [6.45, 7) is 5.94. The molecule has 0 spiro atoms. The summed E-state index contributed by atoms with van der Waals surface area (Å²) in [4.78, 5) is 10.2. The van der Waals surface area contributed by atoms with Crippen molar-refractivity contribution in [2.75, 3.05) is 6.61 Å². The first kappa shape index (κ1) is 9.43. The van der Waals surface area contributed by atoms with Crippen LogP contribution in [0.1, 0.15) is 27.2 Å². The van der Waals surface area contributed by atoms with E-state index in [0.717, 1.165) is 0 Å². The molecular weight excluding hydrogens is 132 g/mol. The molecule has 0 fully saturated rings. The predicted octanol–water partition coefficient (Wildman–Crippen LogP) is 1.28. The summed E-state index contributed by atoms with van der Waals surface area (Å²) in [7, 11) is 0. The Morgan fingerprint density at radius 1 is 1.60 bits per heavy atom. The lowest BCUT2D eigenvalue weighted by Crippen LogP contribution is -2.27. The number of carboxylic acid groups (broad SMARTS) is 1. The van der Waals surface area contributed by atoms with Crippen LogP contribution in [-0.2, 0) is 9.53 Å². The Bertz CT molecular complexity index is 118. The first-order valence-electron chi connectivity index (χ1n) is 3.33. The first-order valence-corrected chi connectivity index (χ1v) is 3.33. The van der Waals surface area contributed by atoms with Crippen LogP contribution in [0.4, 0.5) is 0 Å². The monoisotopic (exact) mass is 146 g/mol. The summed E-state index contributed by atoms with van der Waals surface area (Å²) in [6.07, 6.45) is 0.0564. The molecule has 0 aromatic heterocycles. The van der Waals surface area contributed by atoms with Gasteiger partial charge in [0.25, 0.3) is 0 Å². The molecule has 0 bridgehead atoms. The van der Waals surface area contributed by atoms with Crippen molar-refractivity contribution in [2.45, 2.75) is 32.8 Å². The maximum atomic E-state index is 10.2. The van der Waals surface area contributed by atoms with Gasteiger partial charge in [0.2, 0.25) is 0 Å². The van der Waals surface area contributed by atoms with Crippen molar-refractivity contribution < 1.29 is 14.6 Å². The standard InChI is InChI=1S/C7H14O3/c1-4-10-7(2,3)5-6(8)9/h4-5H2,1-3H3,(H,8,9). The smallest absolute Gasteiger partial charge is 0.306 e. The van der Waals surface area contributed by atoms with Crippen LogP contribution in [-0.4, -0.2) is 23.3 Å². The minimum Gasteiger partial charge on any atom is -0.481 e. The summed E-state index contributed by atoms with van der Waals surface area (Å²) in [5.41, 5.74) is -0.527. The van der Waals surface area contributed by atoms with Crippen molar-refractivity contribution in [3.8, 4) is 0 Å². The molecule has 0 heterocycles. The van der Waals surface area contributed by atoms with Gasteiger partial charge in [-0.3, -0.25) is 4.79 Å². The fourth-order valence-corrected chi connectivity index (χ4v) is 0.806. The van der Waals surface area contributed by atoms with E-state index in [1.807, 2.05) is 6.92 Å². The zero-order valence-electron chi connectivity index (χ0n) is 6.68. The first-order chi connectivity index (χ1) is 4.48. The predicted molar refractivity (Wildman–Crippen MR) is 38.0 cm³/mol. The third-order valence-corrected chi connectivity index (χ3v) is 1.11. The Balaban J connectivity index is 3.74. The zero-order chi connectivity index (χ0) is 8.20. The van der Waals surface area contributed by atoms with Crippen molar-refractivity contribution in [1.82, 2.24) is 0 Å². The minimum absolute atomic E-state index is 0.0564. The van der Waals surface area contributed by atoms with Crippen molar-refractivity contribution in [3.63, 3.8) is 0 Å². The Kier molecular flexibility index (Phi) is 3.36. The number of hydrogen-bond acceptors (Lipinski definition) is 2. The normalized spacial score (nSPS) is 11.5. The molecule has 0 radical (unpaired) electrons. The third-order valence-electron chi connectivity index (χ3n) is 1.11. The summed E-state index contributed by atoms with van der Waals surface area (Å²) >= 11 is 0. The lowest BCUT2D eigenvalue weighted by Gasteiger charge is -2.21. The van der Waals surface area contributed by atoms with E-state index in [2.05, 4.69) is 0 Å². The number of carbonyl (C=O) groups is 1. The maximum absolute atomic E-state index is 10.2. The average Bonchev–Trinajstić information content (AvgIpc) is 1.59. The van der Waals surface area contributed by atoms with Crippen LogP contribution in [0, 0.1) is 0 Å². The molecule has 0 atom stereocenters. The quantitative estimate of drug-likeness (QED) is 0.649. The molecule has 0 aromatic carbocycles. The summed E-state index contributed by atoms with van der Waals surface area (Å²) < 4.78 is 5.16. The van der Waals surface area contributed by atoms with Crippen LogP contribution in [0.25, 0.3) is 0 Å². The number of rotatable bonds is 4. The minimum atomic E-state index is -0.821. The summed E-state index contributed by atoms with van der Waals surface area (Å²) in [6, 6.07) is 0. The van der Waals surface area contributed by atoms with Gasteiger partial charge in [-0.2, -0.15) is 0 Å². The molecule has 0 saturated heterocycles. The van der Waals surface area contributed by atoms with E-state index < -0.39 is 11.6 Å². The maximum Gasteiger partial charge on any atom is 0.306 e. The van der Waals surface area contributed by atoms with Crippen LogP contribution < -0.4 is 0 Å². The molecule has 0 amide bonds. The molecule has 0 saturated carbocycles. The molecule has 1 N–H and O–H groups in total. The Morgan fingerprint density at radius 2 is 2.10 bits per heavy atom. The highest BCUT2D eigenvalue weighted by atomic mass is 16.5. The van der Waals surface area contributed by atoms with Crippen molar-refractivity contribution >= 4 is 5.97 Å². The van der Waals surface area contributed by atoms with Gasteiger partial charge in [0.05, 0.1) is 12.0 Å². The Labute approximate surface area is 61.0 Å². The van der Waals surface area contributed by atoms with E-state index in [-0.39, 0.29) is 6.42 Å². The molecule has 0 aromatic rings. The van der Waals surface area contributed by atoms with Crippen LogP contribution in [0.2, 0.25) is 0 Å². The van der Waals surface area contributed by atoms with Gasteiger partial charge in [0.15, 0.2) is 0 Å². The fourth-order valence-electron chi connectivity index (χ4n) is 0.806. The fraction of sp³-hybridized carbons (Fsp3) is 0.857. The number of hydrogen-bond donors (Lipinski definition) is 1. The topological polar surface area (TPSA) is 46.5 Å². The van der Waals surface area contributed by atoms with Gasteiger partial charge in [-0.25, -0.2) is 0 Å². The molecule has 3 heteroatoms. The average molecular weight is 146 g/mol. The van der Waals surface area contributed by atoms with Gasteiger partial charge < -0.3 is 9.84 Å². The van der Waals surface area contributed by atoms with E-state index in [9.17, 15) is 4.79 Å². The molecule has 60 valence electrons. The van der Waals surface area contributed by atoms with Crippen molar-refractivity contribution in [1.29, 1.82) is 0 Å². The molecule has 10 heavy (non-hydrogen) atoms.